The van der Waals surface area contributed by atoms with E-state index in [1.807, 2.05) is 13.8 Å². The quantitative estimate of drug-likeness (QED) is 0.540. The van der Waals surface area contributed by atoms with Crippen LogP contribution >= 0.6 is 0 Å². The summed E-state index contributed by atoms with van der Waals surface area (Å²) < 4.78 is 0. The van der Waals surface area contributed by atoms with Crippen molar-refractivity contribution in [3.05, 3.63) is 0 Å². The smallest absolute Gasteiger partial charge is 0.226 e. The molecule has 0 aliphatic carbocycles. The molecule has 54 valence electrons. The Morgan fingerprint density at radius 1 is 1.67 bits per heavy atom. The number of carbonyl (C=O) groups is 1. The van der Waals surface area contributed by atoms with Crippen molar-refractivity contribution in [2.75, 3.05) is 13.6 Å². The molecule has 0 unspecified atom stereocenters. The zero-order valence-electron chi connectivity index (χ0n) is 6.19. The van der Waals surface area contributed by atoms with Crippen LogP contribution in [-0.4, -0.2) is 19.5 Å². The lowest BCUT2D eigenvalue weighted by Crippen LogP contribution is -2.39. The number of carbonyl (C=O) groups excluding carboxylic acids is 1. The highest BCUT2D eigenvalue weighted by atomic mass is 16.2. The van der Waals surface area contributed by atoms with Crippen LogP contribution < -0.4 is 11.1 Å². The van der Waals surface area contributed by atoms with Crippen molar-refractivity contribution in [2.24, 2.45) is 11.1 Å². The van der Waals surface area contributed by atoms with Crippen molar-refractivity contribution >= 4 is 5.91 Å². The number of hydrogen-bond donors (Lipinski definition) is 2. The molecule has 9 heavy (non-hydrogen) atoms. The lowest BCUT2D eigenvalue weighted by molar-refractivity contribution is -0.128. The van der Waals surface area contributed by atoms with Crippen LogP contribution in [0.1, 0.15) is 13.8 Å². The van der Waals surface area contributed by atoms with Gasteiger partial charge in [-0.15, -0.1) is 0 Å². The Morgan fingerprint density at radius 2 is 2.11 bits per heavy atom. The van der Waals surface area contributed by atoms with Crippen LogP contribution in [0.3, 0.4) is 0 Å². The first kappa shape index (κ1) is 8.43. The minimum atomic E-state index is -0.422. The van der Waals surface area contributed by atoms with Gasteiger partial charge in [-0.1, -0.05) is 0 Å². The van der Waals surface area contributed by atoms with Crippen LogP contribution in [0.2, 0.25) is 0 Å². The molecule has 0 radical (unpaired) electrons. The van der Waals surface area contributed by atoms with E-state index >= 15 is 0 Å². The summed E-state index contributed by atoms with van der Waals surface area (Å²) in [5.41, 5.74) is 4.90. The molecular formula is C6H14N2O. The van der Waals surface area contributed by atoms with Gasteiger partial charge in [0.05, 0.1) is 5.41 Å². The van der Waals surface area contributed by atoms with E-state index in [-0.39, 0.29) is 5.91 Å². The van der Waals surface area contributed by atoms with Crippen LogP contribution in [0.15, 0.2) is 0 Å². The first-order chi connectivity index (χ1) is 4.04. The van der Waals surface area contributed by atoms with Crippen molar-refractivity contribution < 1.29 is 4.79 Å². The average Bonchev–Trinajstić information content (AvgIpc) is 1.86. The molecule has 0 fully saturated rings. The molecule has 0 aliphatic heterocycles. The Bertz CT molecular complexity index is 110. The molecule has 0 aromatic rings. The predicted octanol–water partition coefficient (Wildman–Crippen LogP) is -0.283. The summed E-state index contributed by atoms with van der Waals surface area (Å²) in [4.78, 5) is 10.9. The number of amides is 1. The molecular weight excluding hydrogens is 116 g/mol. The summed E-state index contributed by atoms with van der Waals surface area (Å²) in [6, 6.07) is 0. The molecule has 0 atom stereocenters. The molecule has 0 bridgehead atoms. The zero-order valence-corrected chi connectivity index (χ0v) is 6.19. The van der Waals surface area contributed by atoms with E-state index in [0.717, 1.165) is 0 Å². The van der Waals surface area contributed by atoms with Gasteiger partial charge in [0, 0.05) is 13.6 Å². The highest BCUT2D eigenvalue weighted by molar-refractivity contribution is 5.81. The normalized spacial score (nSPS) is 11.1. The standard InChI is InChI=1S/C6H14N2O/c1-6(2,4-7)5(9)8-3/h4,7H2,1-3H3,(H,8,9). The Morgan fingerprint density at radius 3 is 2.22 bits per heavy atom. The Labute approximate surface area is 55.6 Å². The van der Waals surface area contributed by atoms with E-state index in [4.69, 9.17) is 5.73 Å². The van der Waals surface area contributed by atoms with Crippen LogP contribution in [0.5, 0.6) is 0 Å². The topological polar surface area (TPSA) is 55.1 Å². The van der Waals surface area contributed by atoms with Gasteiger partial charge < -0.3 is 11.1 Å². The molecule has 0 aromatic heterocycles. The van der Waals surface area contributed by atoms with Crippen molar-refractivity contribution in [3.63, 3.8) is 0 Å². The maximum Gasteiger partial charge on any atom is 0.226 e. The van der Waals surface area contributed by atoms with Crippen LogP contribution in [0.25, 0.3) is 0 Å². The highest BCUT2D eigenvalue weighted by Crippen LogP contribution is 2.10. The predicted molar refractivity (Wildman–Crippen MR) is 36.9 cm³/mol. The van der Waals surface area contributed by atoms with Crippen molar-refractivity contribution in [3.8, 4) is 0 Å². The van der Waals surface area contributed by atoms with E-state index in [9.17, 15) is 4.79 Å². The first-order valence-electron chi connectivity index (χ1n) is 2.97. The minimum absolute atomic E-state index is 0.00926. The summed E-state index contributed by atoms with van der Waals surface area (Å²) >= 11 is 0. The van der Waals surface area contributed by atoms with Gasteiger partial charge in [0.15, 0.2) is 0 Å². The Balaban J connectivity index is 3.97. The van der Waals surface area contributed by atoms with Gasteiger partial charge in [-0.3, -0.25) is 4.79 Å². The van der Waals surface area contributed by atoms with E-state index in [2.05, 4.69) is 5.32 Å². The van der Waals surface area contributed by atoms with Gasteiger partial charge in [-0.2, -0.15) is 0 Å². The molecule has 0 aromatic carbocycles. The maximum atomic E-state index is 10.9. The number of hydrogen-bond acceptors (Lipinski definition) is 2. The van der Waals surface area contributed by atoms with E-state index in [1.54, 1.807) is 7.05 Å². The fourth-order valence-electron chi connectivity index (χ4n) is 0.431. The summed E-state index contributed by atoms with van der Waals surface area (Å²) in [5.74, 6) is -0.00926. The SMILES string of the molecule is CNC(=O)C(C)(C)CN. The van der Waals surface area contributed by atoms with Gasteiger partial charge in [0.2, 0.25) is 5.91 Å². The van der Waals surface area contributed by atoms with Crippen LogP contribution in [0.4, 0.5) is 0 Å². The molecule has 3 heteroatoms. The Kier molecular flexibility index (Phi) is 2.65. The van der Waals surface area contributed by atoms with Gasteiger partial charge in [-0.25, -0.2) is 0 Å². The fourth-order valence-corrected chi connectivity index (χ4v) is 0.431. The van der Waals surface area contributed by atoms with Crippen molar-refractivity contribution in [1.29, 1.82) is 0 Å². The van der Waals surface area contributed by atoms with Crippen molar-refractivity contribution in [2.45, 2.75) is 13.8 Å². The van der Waals surface area contributed by atoms with E-state index in [1.165, 1.54) is 0 Å². The van der Waals surface area contributed by atoms with Gasteiger partial charge in [0.1, 0.15) is 0 Å². The molecule has 0 spiro atoms. The lowest BCUT2D eigenvalue weighted by atomic mass is 9.93. The minimum Gasteiger partial charge on any atom is -0.359 e. The van der Waals surface area contributed by atoms with Gasteiger partial charge >= 0.3 is 0 Å². The Hall–Kier alpha value is -0.570. The first-order valence-corrected chi connectivity index (χ1v) is 2.97. The summed E-state index contributed by atoms with van der Waals surface area (Å²) in [6.45, 7) is 4.00. The second kappa shape index (κ2) is 2.82. The zero-order chi connectivity index (χ0) is 7.49. The second-order valence-corrected chi connectivity index (χ2v) is 2.67. The van der Waals surface area contributed by atoms with Crippen LogP contribution in [0, 0.1) is 5.41 Å². The van der Waals surface area contributed by atoms with Crippen molar-refractivity contribution in [1.82, 2.24) is 5.32 Å². The fraction of sp³-hybridized carbons (Fsp3) is 0.833. The second-order valence-electron chi connectivity index (χ2n) is 2.67. The molecule has 1 amide bonds. The summed E-state index contributed by atoms with van der Waals surface area (Å²) in [5, 5.41) is 2.54. The number of rotatable bonds is 2. The average molecular weight is 130 g/mol. The van der Waals surface area contributed by atoms with E-state index in [0.29, 0.717) is 6.54 Å². The number of nitrogens with one attached hydrogen (secondary N) is 1. The largest absolute Gasteiger partial charge is 0.359 e. The van der Waals surface area contributed by atoms with Gasteiger partial charge in [-0.05, 0) is 13.8 Å². The monoisotopic (exact) mass is 130 g/mol. The van der Waals surface area contributed by atoms with Crippen LogP contribution in [-0.2, 0) is 4.79 Å². The maximum absolute atomic E-state index is 10.9. The molecule has 0 aliphatic rings. The molecule has 3 N–H and O–H groups in total. The molecule has 3 nitrogen and oxygen atoms in total. The third-order valence-electron chi connectivity index (χ3n) is 1.35. The lowest BCUT2D eigenvalue weighted by Gasteiger charge is -2.19. The third kappa shape index (κ3) is 2.01. The van der Waals surface area contributed by atoms with E-state index < -0.39 is 5.41 Å². The molecule has 0 saturated heterocycles. The highest BCUT2D eigenvalue weighted by Gasteiger charge is 2.23. The molecule has 0 saturated carbocycles. The summed E-state index contributed by atoms with van der Waals surface area (Å²) in [6.07, 6.45) is 0. The molecule has 0 rings (SSSR count). The van der Waals surface area contributed by atoms with Gasteiger partial charge in [0.25, 0.3) is 0 Å². The number of nitrogens with two attached hydrogens (primary N) is 1. The summed E-state index contributed by atoms with van der Waals surface area (Å²) in [7, 11) is 1.61. The molecule has 0 heterocycles. The third-order valence-corrected chi connectivity index (χ3v) is 1.35.